The molecule has 0 spiro atoms. The van der Waals surface area contributed by atoms with Gasteiger partial charge in [-0.2, -0.15) is 13.2 Å². The minimum absolute atomic E-state index is 0.183. The van der Waals surface area contributed by atoms with E-state index in [1.165, 1.54) is 10.9 Å². The summed E-state index contributed by atoms with van der Waals surface area (Å²) in [6.07, 6.45) is -2.29. The van der Waals surface area contributed by atoms with Crippen LogP contribution in [0.25, 0.3) is 0 Å². The molecule has 1 N–H and O–H groups in total. The number of alkyl halides is 3. The zero-order chi connectivity index (χ0) is 12.2. The van der Waals surface area contributed by atoms with Crippen molar-refractivity contribution in [3.05, 3.63) is 11.9 Å². The summed E-state index contributed by atoms with van der Waals surface area (Å²) in [7, 11) is 1.62. The largest absolute Gasteiger partial charge is 0.404 e. The predicted molar refractivity (Wildman–Crippen MR) is 52.8 cm³/mol. The molecule has 0 saturated heterocycles. The fourth-order valence-electron chi connectivity index (χ4n) is 1.32. The Balaban J connectivity index is 2.63. The molecule has 1 atom stereocenters. The second-order valence-electron chi connectivity index (χ2n) is 3.64. The van der Waals surface area contributed by atoms with Crippen LogP contribution in [0.1, 0.15) is 19.0 Å². The van der Waals surface area contributed by atoms with Crippen LogP contribution >= 0.6 is 0 Å². The van der Waals surface area contributed by atoms with Crippen LogP contribution in [0.3, 0.4) is 0 Å². The highest BCUT2D eigenvalue weighted by Gasteiger charge is 2.39. The first kappa shape index (κ1) is 13.0. The maximum Gasteiger partial charge on any atom is 0.404 e. The number of aromatic nitrogens is 3. The molecular weight excluding hydrogens is 221 g/mol. The van der Waals surface area contributed by atoms with Crippen molar-refractivity contribution in [1.29, 1.82) is 0 Å². The fourth-order valence-corrected chi connectivity index (χ4v) is 1.32. The molecule has 1 aromatic heterocycles. The molecule has 16 heavy (non-hydrogen) atoms. The van der Waals surface area contributed by atoms with Gasteiger partial charge < -0.3 is 5.32 Å². The molecule has 1 aromatic rings. The Morgan fingerprint density at radius 3 is 2.62 bits per heavy atom. The van der Waals surface area contributed by atoms with E-state index in [1.807, 2.05) is 6.92 Å². The molecule has 1 heterocycles. The Labute approximate surface area is 91.8 Å². The summed E-state index contributed by atoms with van der Waals surface area (Å²) in [6.45, 7) is 2.16. The van der Waals surface area contributed by atoms with Crippen molar-refractivity contribution in [2.45, 2.75) is 32.0 Å². The Hall–Kier alpha value is -1.11. The van der Waals surface area contributed by atoms with Crippen LogP contribution < -0.4 is 5.32 Å². The van der Waals surface area contributed by atoms with E-state index in [4.69, 9.17) is 0 Å². The van der Waals surface area contributed by atoms with Gasteiger partial charge in [0.05, 0.1) is 5.69 Å². The average Bonchev–Trinajstić information content (AvgIpc) is 2.57. The van der Waals surface area contributed by atoms with Crippen LogP contribution in [0.2, 0.25) is 0 Å². The smallest absolute Gasteiger partial charge is 0.306 e. The van der Waals surface area contributed by atoms with Gasteiger partial charge >= 0.3 is 6.18 Å². The van der Waals surface area contributed by atoms with Gasteiger partial charge in [0, 0.05) is 19.7 Å². The topological polar surface area (TPSA) is 42.7 Å². The van der Waals surface area contributed by atoms with E-state index in [0.717, 1.165) is 0 Å². The van der Waals surface area contributed by atoms with Crippen LogP contribution in [0.15, 0.2) is 6.20 Å². The minimum atomic E-state index is -4.26. The fraction of sp³-hybridized carbons (Fsp3) is 0.778. The standard InChI is InChI=1S/C9H15F3N4/c1-3-4-13-8(9(10,11)12)5-7-6-16(2)15-14-7/h6,8,13H,3-5H2,1-2H3. The van der Waals surface area contributed by atoms with Gasteiger partial charge in [-0.3, -0.25) is 4.68 Å². The highest BCUT2D eigenvalue weighted by Crippen LogP contribution is 2.22. The number of hydrogen-bond acceptors (Lipinski definition) is 3. The van der Waals surface area contributed by atoms with Crippen LogP contribution in [-0.4, -0.2) is 33.8 Å². The summed E-state index contributed by atoms with van der Waals surface area (Å²) in [5.74, 6) is 0. The molecule has 0 radical (unpaired) electrons. The van der Waals surface area contributed by atoms with Gasteiger partial charge in [0.15, 0.2) is 0 Å². The lowest BCUT2D eigenvalue weighted by atomic mass is 10.1. The summed E-state index contributed by atoms with van der Waals surface area (Å²) < 4.78 is 39.2. The number of aryl methyl sites for hydroxylation is 1. The third kappa shape index (κ3) is 3.80. The van der Waals surface area contributed by atoms with Crippen molar-refractivity contribution >= 4 is 0 Å². The van der Waals surface area contributed by atoms with Gasteiger partial charge in [-0.05, 0) is 13.0 Å². The lowest BCUT2D eigenvalue weighted by molar-refractivity contribution is -0.155. The maximum atomic E-state index is 12.6. The van der Waals surface area contributed by atoms with Crippen molar-refractivity contribution in [2.75, 3.05) is 6.54 Å². The lowest BCUT2D eigenvalue weighted by Gasteiger charge is -2.20. The van der Waals surface area contributed by atoms with Crippen molar-refractivity contribution in [3.8, 4) is 0 Å². The Morgan fingerprint density at radius 1 is 1.50 bits per heavy atom. The first-order valence-electron chi connectivity index (χ1n) is 5.08. The molecule has 92 valence electrons. The molecule has 0 aromatic carbocycles. The summed E-state index contributed by atoms with van der Waals surface area (Å²) >= 11 is 0. The minimum Gasteiger partial charge on any atom is -0.306 e. The summed E-state index contributed by atoms with van der Waals surface area (Å²) in [6, 6.07) is -1.55. The molecule has 1 unspecified atom stereocenters. The monoisotopic (exact) mass is 236 g/mol. The molecule has 0 aliphatic rings. The molecule has 4 nitrogen and oxygen atoms in total. The van der Waals surface area contributed by atoms with E-state index in [9.17, 15) is 13.2 Å². The molecule has 0 amide bonds. The normalized spacial score (nSPS) is 14.1. The molecule has 0 saturated carbocycles. The van der Waals surface area contributed by atoms with Gasteiger partial charge in [0.25, 0.3) is 0 Å². The Kier molecular flexibility index (Phi) is 4.28. The molecule has 0 aliphatic carbocycles. The second kappa shape index (κ2) is 5.29. The third-order valence-electron chi connectivity index (χ3n) is 2.10. The zero-order valence-corrected chi connectivity index (χ0v) is 9.25. The van der Waals surface area contributed by atoms with Crippen molar-refractivity contribution < 1.29 is 13.2 Å². The van der Waals surface area contributed by atoms with Gasteiger partial charge in [0.1, 0.15) is 6.04 Å². The summed E-state index contributed by atoms with van der Waals surface area (Å²) in [5.41, 5.74) is 0.341. The quantitative estimate of drug-likeness (QED) is 0.837. The van der Waals surface area contributed by atoms with Crippen molar-refractivity contribution in [3.63, 3.8) is 0 Å². The average molecular weight is 236 g/mol. The van der Waals surface area contributed by atoms with Crippen LogP contribution in [0, 0.1) is 0 Å². The maximum absolute atomic E-state index is 12.6. The molecular formula is C9H15F3N4. The Bertz CT molecular complexity index is 321. The highest BCUT2D eigenvalue weighted by atomic mass is 19.4. The molecule has 7 heteroatoms. The molecule has 1 rings (SSSR count). The molecule has 0 aliphatic heterocycles. The first-order valence-corrected chi connectivity index (χ1v) is 5.08. The van der Waals surface area contributed by atoms with Gasteiger partial charge in [-0.1, -0.05) is 12.1 Å². The van der Waals surface area contributed by atoms with Gasteiger partial charge in [-0.25, -0.2) is 0 Å². The number of nitrogens with zero attached hydrogens (tertiary/aromatic N) is 3. The van der Waals surface area contributed by atoms with E-state index in [0.29, 0.717) is 18.7 Å². The van der Waals surface area contributed by atoms with Crippen LogP contribution in [-0.2, 0) is 13.5 Å². The zero-order valence-electron chi connectivity index (χ0n) is 9.25. The van der Waals surface area contributed by atoms with E-state index in [-0.39, 0.29) is 6.42 Å². The number of nitrogens with one attached hydrogen (secondary N) is 1. The summed E-state index contributed by atoms with van der Waals surface area (Å²) in [5, 5.41) is 9.72. The van der Waals surface area contributed by atoms with Crippen LogP contribution in [0.5, 0.6) is 0 Å². The predicted octanol–water partition coefficient (Wildman–Crippen LogP) is 1.29. The van der Waals surface area contributed by atoms with Crippen molar-refractivity contribution in [2.24, 2.45) is 7.05 Å². The number of rotatable bonds is 5. The highest BCUT2D eigenvalue weighted by molar-refractivity contribution is 4.97. The lowest BCUT2D eigenvalue weighted by Crippen LogP contribution is -2.44. The summed E-state index contributed by atoms with van der Waals surface area (Å²) in [4.78, 5) is 0. The second-order valence-corrected chi connectivity index (χ2v) is 3.64. The molecule has 0 bridgehead atoms. The van der Waals surface area contributed by atoms with E-state index >= 15 is 0 Å². The van der Waals surface area contributed by atoms with Gasteiger partial charge in [0.2, 0.25) is 0 Å². The Morgan fingerprint density at radius 2 is 2.19 bits per heavy atom. The van der Waals surface area contributed by atoms with E-state index in [2.05, 4.69) is 15.6 Å². The first-order chi connectivity index (χ1) is 7.43. The van der Waals surface area contributed by atoms with Crippen molar-refractivity contribution in [1.82, 2.24) is 20.3 Å². The van der Waals surface area contributed by atoms with Gasteiger partial charge in [-0.15, -0.1) is 5.10 Å². The van der Waals surface area contributed by atoms with E-state index in [1.54, 1.807) is 7.05 Å². The number of halogens is 3. The SMILES string of the molecule is CCCNC(Cc1cn(C)nn1)C(F)(F)F. The third-order valence-corrected chi connectivity index (χ3v) is 2.10. The van der Waals surface area contributed by atoms with E-state index < -0.39 is 12.2 Å². The van der Waals surface area contributed by atoms with Crippen LogP contribution in [0.4, 0.5) is 13.2 Å². The molecule has 0 fully saturated rings. The number of hydrogen-bond donors (Lipinski definition) is 1.